The van der Waals surface area contributed by atoms with Gasteiger partial charge in [0, 0.05) is 25.9 Å². The van der Waals surface area contributed by atoms with Gasteiger partial charge >= 0.3 is 0 Å². The van der Waals surface area contributed by atoms with Crippen molar-refractivity contribution in [1.82, 2.24) is 19.7 Å². The van der Waals surface area contributed by atoms with E-state index in [-0.39, 0.29) is 5.95 Å². The fourth-order valence-corrected chi connectivity index (χ4v) is 1.57. The molecule has 0 atom stereocenters. The van der Waals surface area contributed by atoms with Crippen molar-refractivity contribution in [1.29, 1.82) is 0 Å². The van der Waals surface area contributed by atoms with E-state index in [0.29, 0.717) is 18.2 Å². The van der Waals surface area contributed by atoms with Gasteiger partial charge in [-0.1, -0.05) is 0 Å². The summed E-state index contributed by atoms with van der Waals surface area (Å²) in [7, 11) is 1.88. The number of hydrogen-bond donors (Lipinski definition) is 3. The van der Waals surface area contributed by atoms with Gasteiger partial charge in [0.25, 0.3) is 0 Å². The molecule has 0 bridgehead atoms. The number of nitrogens with two attached hydrogens (primary N) is 1. The van der Waals surface area contributed by atoms with Crippen molar-refractivity contribution in [2.75, 3.05) is 22.9 Å². The van der Waals surface area contributed by atoms with Crippen LogP contribution in [0, 0.1) is 0 Å². The standard InChI is InChI=1S/C11H17N7/c1-3-13-9-6-10(16-11(12)15-9)14-7-8-4-5-18(2)17-8/h4-6H,3,7H2,1-2H3,(H4,12,13,14,15,16). The zero-order chi connectivity index (χ0) is 13.0. The van der Waals surface area contributed by atoms with Crippen molar-refractivity contribution in [3.8, 4) is 0 Å². The van der Waals surface area contributed by atoms with Crippen LogP contribution in [0.4, 0.5) is 17.6 Å². The lowest BCUT2D eigenvalue weighted by Gasteiger charge is -2.07. The molecular weight excluding hydrogens is 230 g/mol. The molecule has 7 nitrogen and oxygen atoms in total. The van der Waals surface area contributed by atoms with E-state index < -0.39 is 0 Å². The Hall–Kier alpha value is -2.31. The van der Waals surface area contributed by atoms with Crippen LogP contribution in [0.15, 0.2) is 18.3 Å². The highest BCUT2D eigenvalue weighted by Crippen LogP contribution is 2.12. The highest BCUT2D eigenvalue weighted by molar-refractivity contribution is 5.50. The lowest BCUT2D eigenvalue weighted by atomic mass is 10.4. The first-order chi connectivity index (χ1) is 8.67. The Kier molecular flexibility index (Phi) is 3.61. The molecule has 0 aromatic carbocycles. The lowest BCUT2D eigenvalue weighted by Crippen LogP contribution is -2.08. The minimum absolute atomic E-state index is 0.247. The summed E-state index contributed by atoms with van der Waals surface area (Å²) < 4.78 is 1.76. The van der Waals surface area contributed by atoms with E-state index in [1.54, 1.807) is 4.68 Å². The minimum atomic E-state index is 0.247. The van der Waals surface area contributed by atoms with Crippen LogP contribution in [0.25, 0.3) is 0 Å². The molecule has 0 fully saturated rings. The molecule has 18 heavy (non-hydrogen) atoms. The van der Waals surface area contributed by atoms with Crippen molar-refractivity contribution in [3.05, 3.63) is 24.0 Å². The van der Waals surface area contributed by atoms with Crippen LogP contribution >= 0.6 is 0 Å². The fourth-order valence-electron chi connectivity index (χ4n) is 1.57. The van der Waals surface area contributed by atoms with Gasteiger partial charge in [0.1, 0.15) is 11.6 Å². The van der Waals surface area contributed by atoms with Crippen molar-refractivity contribution in [3.63, 3.8) is 0 Å². The number of nitrogen functional groups attached to an aromatic ring is 1. The number of nitrogens with zero attached hydrogens (tertiary/aromatic N) is 4. The lowest BCUT2D eigenvalue weighted by molar-refractivity contribution is 0.747. The quantitative estimate of drug-likeness (QED) is 0.724. The third kappa shape index (κ3) is 3.09. The van der Waals surface area contributed by atoms with E-state index in [1.165, 1.54) is 0 Å². The predicted octanol–water partition coefficient (Wildman–Crippen LogP) is 0.836. The summed E-state index contributed by atoms with van der Waals surface area (Å²) in [5.74, 6) is 1.65. The number of aryl methyl sites for hydroxylation is 1. The van der Waals surface area contributed by atoms with Gasteiger partial charge in [0.05, 0.1) is 12.2 Å². The average Bonchev–Trinajstić information content (AvgIpc) is 2.72. The van der Waals surface area contributed by atoms with Gasteiger partial charge in [-0.15, -0.1) is 0 Å². The third-order valence-corrected chi connectivity index (χ3v) is 2.32. The van der Waals surface area contributed by atoms with Gasteiger partial charge in [0.2, 0.25) is 5.95 Å². The van der Waals surface area contributed by atoms with Gasteiger partial charge in [0.15, 0.2) is 0 Å². The highest BCUT2D eigenvalue weighted by atomic mass is 15.3. The molecule has 0 aliphatic carbocycles. The van der Waals surface area contributed by atoms with Gasteiger partial charge in [-0.05, 0) is 13.0 Å². The van der Waals surface area contributed by atoms with Crippen molar-refractivity contribution in [2.45, 2.75) is 13.5 Å². The molecule has 0 unspecified atom stereocenters. The number of nitrogens with one attached hydrogen (secondary N) is 2. The van der Waals surface area contributed by atoms with Gasteiger partial charge in [-0.3, -0.25) is 4.68 Å². The fraction of sp³-hybridized carbons (Fsp3) is 0.364. The first-order valence-electron chi connectivity index (χ1n) is 5.78. The molecule has 96 valence electrons. The SMILES string of the molecule is CCNc1cc(NCc2ccn(C)n2)nc(N)n1. The maximum absolute atomic E-state index is 5.64. The zero-order valence-electron chi connectivity index (χ0n) is 10.5. The Balaban J connectivity index is 2.04. The number of hydrogen-bond acceptors (Lipinski definition) is 6. The number of aromatic nitrogens is 4. The summed E-state index contributed by atoms with van der Waals surface area (Å²) >= 11 is 0. The van der Waals surface area contributed by atoms with Crippen LogP contribution < -0.4 is 16.4 Å². The molecule has 0 spiro atoms. The Morgan fingerprint density at radius 2 is 2.00 bits per heavy atom. The largest absolute Gasteiger partial charge is 0.370 e. The molecular formula is C11H17N7. The van der Waals surface area contributed by atoms with Crippen molar-refractivity contribution < 1.29 is 0 Å². The van der Waals surface area contributed by atoms with E-state index in [1.807, 2.05) is 32.3 Å². The molecule has 2 heterocycles. The maximum Gasteiger partial charge on any atom is 0.223 e. The zero-order valence-corrected chi connectivity index (χ0v) is 10.5. The Morgan fingerprint density at radius 1 is 1.28 bits per heavy atom. The third-order valence-electron chi connectivity index (χ3n) is 2.32. The van der Waals surface area contributed by atoms with Crippen LogP contribution in [0.1, 0.15) is 12.6 Å². The molecule has 0 aliphatic heterocycles. The minimum Gasteiger partial charge on any atom is -0.370 e. The summed E-state index contributed by atoms with van der Waals surface area (Å²) in [6.07, 6.45) is 1.90. The van der Waals surface area contributed by atoms with Gasteiger partial charge in [-0.25, -0.2) is 0 Å². The molecule has 0 saturated heterocycles. The van der Waals surface area contributed by atoms with Gasteiger partial charge < -0.3 is 16.4 Å². The molecule has 0 radical (unpaired) electrons. The summed E-state index contributed by atoms with van der Waals surface area (Å²) in [6, 6.07) is 3.77. The topological polar surface area (TPSA) is 93.7 Å². The van der Waals surface area contributed by atoms with Crippen LogP contribution in [-0.4, -0.2) is 26.3 Å². The summed E-state index contributed by atoms with van der Waals surface area (Å²) in [6.45, 7) is 3.39. The number of anilines is 3. The maximum atomic E-state index is 5.64. The van der Waals surface area contributed by atoms with Crippen molar-refractivity contribution >= 4 is 17.6 Å². The average molecular weight is 247 g/mol. The molecule has 2 rings (SSSR count). The molecule has 0 amide bonds. The summed E-state index contributed by atoms with van der Waals surface area (Å²) in [5.41, 5.74) is 6.58. The second kappa shape index (κ2) is 5.35. The Labute approximate surface area is 105 Å². The molecule has 4 N–H and O–H groups in total. The molecule has 2 aromatic rings. The summed E-state index contributed by atoms with van der Waals surface area (Å²) in [5, 5.41) is 10.5. The van der Waals surface area contributed by atoms with E-state index in [2.05, 4.69) is 25.7 Å². The normalized spacial score (nSPS) is 10.3. The highest BCUT2D eigenvalue weighted by Gasteiger charge is 2.02. The Morgan fingerprint density at radius 3 is 2.61 bits per heavy atom. The molecule has 7 heteroatoms. The van der Waals surface area contributed by atoms with E-state index in [4.69, 9.17) is 5.73 Å². The van der Waals surface area contributed by atoms with E-state index >= 15 is 0 Å². The smallest absolute Gasteiger partial charge is 0.223 e. The molecule has 0 saturated carbocycles. The monoisotopic (exact) mass is 247 g/mol. The Bertz CT molecular complexity index is 520. The summed E-state index contributed by atoms with van der Waals surface area (Å²) in [4.78, 5) is 8.20. The van der Waals surface area contributed by atoms with Crippen LogP contribution in [-0.2, 0) is 13.6 Å². The van der Waals surface area contributed by atoms with Crippen LogP contribution in [0.2, 0.25) is 0 Å². The van der Waals surface area contributed by atoms with Crippen LogP contribution in [0.3, 0.4) is 0 Å². The van der Waals surface area contributed by atoms with E-state index in [0.717, 1.165) is 12.2 Å². The second-order valence-electron chi connectivity index (χ2n) is 3.86. The first kappa shape index (κ1) is 12.2. The number of rotatable bonds is 5. The van der Waals surface area contributed by atoms with Crippen LogP contribution in [0.5, 0.6) is 0 Å². The second-order valence-corrected chi connectivity index (χ2v) is 3.86. The first-order valence-corrected chi connectivity index (χ1v) is 5.78. The molecule has 0 aliphatic rings. The van der Waals surface area contributed by atoms with Crippen molar-refractivity contribution in [2.24, 2.45) is 7.05 Å². The van der Waals surface area contributed by atoms with E-state index in [9.17, 15) is 0 Å². The molecule has 2 aromatic heterocycles. The van der Waals surface area contributed by atoms with Gasteiger partial charge in [-0.2, -0.15) is 15.1 Å². The predicted molar refractivity (Wildman–Crippen MR) is 71.1 cm³/mol.